The van der Waals surface area contributed by atoms with Gasteiger partial charge in [0.25, 0.3) is 5.91 Å². The van der Waals surface area contributed by atoms with E-state index in [0.717, 1.165) is 0 Å². The molecule has 0 aliphatic rings. The van der Waals surface area contributed by atoms with Gasteiger partial charge in [-0.2, -0.15) is 0 Å². The third-order valence-electron chi connectivity index (χ3n) is 2.73. The molecule has 7 heteroatoms. The molecule has 1 aromatic carbocycles. The first-order chi connectivity index (χ1) is 10.5. The Kier molecular flexibility index (Phi) is 5.35. The Morgan fingerprint density at radius 3 is 2.55 bits per heavy atom. The van der Waals surface area contributed by atoms with Crippen molar-refractivity contribution in [3.05, 3.63) is 58.3 Å². The Bertz CT molecular complexity index is 692. The van der Waals surface area contributed by atoms with E-state index in [0.29, 0.717) is 5.69 Å². The van der Waals surface area contributed by atoms with Gasteiger partial charge in [0.1, 0.15) is 5.15 Å². The third kappa shape index (κ3) is 4.19. The molecule has 0 saturated carbocycles. The van der Waals surface area contributed by atoms with Crippen molar-refractivity contribution < 1.29 is 14.3 Å². The van der Waals surface area contributed by atoms with Gasteiger partial charge in [-0.05, 0) is 25.1 Å². The molecule has 1 heterocycles. The first kappa shape index (κ1) is 16.3. The number of hydrogen-bond donors (Lipinski definition) is 1. The van der Waals surface area contributed by atoms with Gasteiger partial charge in [-0.3, -0.25) is 4.79 Å². The maximum Gasteiger partial charge on any atom is 0.340 e. The van der Waals surface area contributed by atoms with Crippen LogP contribution < -0.4 is 5.32 Å². The summed E-state index contributed by atoms with van der Waals surface area (Å²) in [6.45, 7) is 1.47. The van der Waals surface area contributed by atoms with Crippen molar-refractivity contribution in [1.29, 1.82) is 0 Å². The number of aromatic nitrogens is 1. The van der Waals surface area contributed by atoms with Gasteiger partial charge in [-0.1, -0.05) is 41.4 Å². The molecule has 0 spiro atoms. The normalized spacial score (nSPS) is 11.6. The largest absolute Gasteiger partial charge is 0.449 e. The molecule has 0 saturated heterocycles. The van der Waals surface area contributed by atoms with Gasteiger partial charge in [0.15, 0.2) is 6.10 Å². The molecule has 0 radical (unpaired) electrons. The quantitative estimate of drug-likeness (QED) is 0.683. The molecule has 22 heavy (non-hydrogen) atoms. The fourth-order valence-corrected chi connectivity index (χ4v) is 1.85. The first-order valence-electron chi connectivity index (χ1n) is 6.35. The molecule has 0 unspecified atom stereocenters. The Hall–Kier alpha value is -2.11. The maximum absolute atomic E-state index is 11.9. The van der Waals surface area contributed by atoms with Crippen LogP contribution in [0.4, 0.5) is 5.69 Å². The summed E-state index contributed by atoms with van der Waals surface area (Å²) < 4.78 is 5.07. The lowest BCUT2D eigenvalue weighted by molar-refractivity contribution is -0.123. The van der Waals surface area contributed by atoms with Gasteiger partial charge in [-0.15, -0.1) is 0 Å². The molecule has 1 atom stereocenters. The first-order valence-corrected chi connectivity index (χ1v) is 7.11. The SMILES string of the molecule is C[C@@H](OC(=O)c1cnc(Cl)c(Cl)c1)C(=O)Nc1ccccc1. The second-order valence-electron chi connectivity index (χ2n) is 4.40. The van der Waals surface area contributed by atoms with E-state index in [1.807, 2.05) is 6.07 Å². The molecule has 0 fully saturated rings. The number of rotatable bonds is 4. The lowest BCUT2D eigenvalue weighted by atomic mass is 10.2. The minimum absolute atomic E-state index is 0.0908. The number of para-hydroxylation sites is 1. The number of carbonyl (C=O) groups excluding carboxylic acids is 2. The summed E-state index contributed by atoms with van der Waals surface area (Å²) in [6, 6.07) is 10.2. The second-order valence-corrected chi connectivity index (χ2v) is 5.16. The Morgan fingerprint density at radius 2 is 1.91 bits per heavy atom. The summed E-state index contributed by atoms with van der Waals surface area (Å²) in [5, 5.41) is 2.87. The zero-order valence-electron chi connectivity index (χ0n) is 11.5. The van der Waals surface area contributed by atoms with Crippen molar-refractivity contribution in [1.82, 2.24) is 4.98 Å². The van der Waals surface area contributed by atoms with E-state index in [1.54, 1.807) is 24.3 Å². The minimum atomic E-state index is -0.970. The number of halogens is 2. The number of benzene rings is 1. The third-order valence-corrected chi connectivity index (χ3v) is 3.41. The van der Waals surface area contributed by atoms with Crippen LogP contribution in [-0.4, -0.2) is 23.0 Å². The average molecular weight is 339 g/mol. The van der Waals surface area contributed by atoms with Gasteiger partial charge >= 0.3 is 5.97 Å². The summed E-state index contributed by atoms with van der Waals surface area (Å²) in [7, 11) is 0. The van der Waals surface area contributed by atoms with Crippen molar-refractivity contribution >= 4 is 40.8 Å². The number of nitrogens with one attached hydrogen (secondary N) is 1. The highest BCUT2D eigenvalue weighted by atomic mass is 35.5. The van der Waals surface area contributed by atoms with Crippen molar-refractivity contribution in [3.8, 4) is 0 Å². The van der Waals surface area contributed by atoms with Crippen LogP contribution in [0.25, 0.3) is 0 Å². The number of nitrogens with zero attached hydrogens (tertiary/aromatic N) is 1. The summed E-state index contributed by atoms with van der Waals surface area (Å²) in [6.07, 6.45) is 0.264. The molecule has 114 valence electrons. The van der Waals surface area contributed by atoms with E-state index in [-0.39, 0.29) is 15.7 Å². The number of ether oxygens (including phenoxy) is 1. The van der Waals surface area contributed by atoms with Crippen molar-refractivity contribution in [2.45, 2.75) is 13.0 Å². The van der Waals surface area contributed by atoms with E-state index >= 15 is 0 Å². The maximum atomic E-state index is 11.9. The lowest BCUT2D eigenvalue weighted by Gasteiger charge is -2.13. The predicted octanol–water partition coefficient (Wildman–Crippen LogP) is 3.57. The Morgan fingerprint density at radius 1 is 1.23 bits per heavy atom. The molecule has 0 aliphatic heterocycles. The summed E-state index contributed by atoms with van der Waals surface area (Å²) in [5.41, 5.74) is 0.736. The van der Waals surface area contributed by atoms with E-state index in [4.69, 9.17) is 27.9 Å². The molecule has 2 aromatic rings. The lowest BCUT2D eigenvalue weighted by Crippen LogP contribution is -2.30. The van der Waals surface area contributed by atoms with Gasteiger partial charge in [0.2, 0.25) is 0 Å². The molecule has 0 aliphatic carbocycles. The Balaban J connectivity index is 1.98. The molecule has 2 rings (SSSR count). The van der Waals surface area contributed by atoms with Crippen LogP contribution in [0.2, 0.25) is 10.2 Å². The van der Waals surface area contributed by atoms with Crippen molar-refractivity contribution in [2.24, 2.45) is 0 Å². The van der Waals surface area contributed by atoms with Crippen LogP contribution in [0.3, 0.4) is 0 Å². The van der Waals surface area contributed by atoms with E-state index in [2.05, 4.69) is 10.3 Å². The van der Waals surface area contributed by atoms with Crippen LogP contribution in [0.5, 0.6) is 0 Å². The van der Waals surface area contributed by atoms with Crippen LogP contribution in [0.15, 0.2) is 42.6 Å². The smallest absolute Gasteiger partial charge is 0.340 e. The van der Waals surface area contributed by atoms with Gasteiger partial charge in [0, 0.05) is 11.9 Å². The van der Waals surface area contributed by atoms with Gasteiger partial charge in [-0.25, -0.2) is 9.78 Å². The number of pyridine rings is 1. The standard InChI is InChI=1S/C15H12Cl2N2O3/c1-9(14(20)19-11-5-3-2-4-6-11)22-15(21)10-7-12(16)13(17)18-8-10/h2-9H,1H3,(H,19,20)/t9-/m1/s1. The highest BCUT2D eigenvalue weighted by Gasteiger charge is 2.19. The van der Waals surface area contributed by atoms with Gasteiger partial charge in [0.05, 0.1) is 10.6 Å². The highest BCUT2D eigenvalue weighted by molar-refractivity contribution is 6.41. The number of esters is 1. The summed E-state index contributed by atoms with van der Waals surface area (Å²) in [5.74, 6) is -1.14. The zero-order chi connectivity index (χ0) is 16.1. The van der Waals surface area contributed by atoms with Gasteiger partial charge < -0.3 is 10.1 Å². The number of amides is 1. The summed E-state index contributed by atoms with van der Waals surface area (Å²) in [4.78, 5) is 27.6. The highest BCUT2D eigenvalue weighted by Crippen LogP contribution is 2.20. The van der Waals surface area contributed by atoms with E-state index < -0.39 is 18.0 Å². The number of anilines is 1. The topological polar surface area (TPSA) is 68.3 Å². The molecular weight excluding hydrogens is 327 g/mol. The second kappa shape index (κ2) is 7.24. The summed E-state index contributed by atoms with van der Waals surface area (Å²) >= 11 is 11.5. The van der Waals surface area contributed by atoms with E-state index in [1.165, 1.54) is 19.2 Å². The fraction of sp³-hybridized carbons (Fsp3) is 0.133. The van der Waals surface area contributed by atoms with Crippen LogP contribution in [0.1, 0.15) is 17.3 Å². The molecular formula is C15H12Cl2N2O3. The molecule has 1 N–H and O–H groups in total. The molecule has 1 amide bonds. The van der Waals surface area contributed by atoms with Crippen molar-refractivity contribution in [3.63, 3.8) is 0 Å². The molecule has 1 aromatic heterocycles. The van der Waals surface area contributed by atoms with Crippen molar-refractivity contribution in [2.75, 3.05) is 5.32 Å². The molecule has 0 bridgehead atoms. The Labute approximate surface area is 137 Å². The van der Waals surface area contributed by atoms with Crippen LogP contribution in [-0.2, 0) is 9.53 Å². The molecule has 5 nitrogen and oxygen atoms in total. The zero-order valence-corrected chi connectivity index (χ0v) is 13.1. The van der Waals surface area contributed by atoms with Crippen LogP contribution in [0, 0.1) is 0 Å². The minimum Gasteiger partial charge on any atom is -0.449 e. The predicted molar refractivity (Wildman–Crippen MR) is 84.2 cm³/mol. The van der Waals surface area contributed by atoms with E-state index in [9.17, 15) is 9.59 Å². The number of carbonyl (C=O) groups is 2. The average Bonchev–Trinajstić information content (AvgIpc) is 2.50. The number of hydrogen-bond acceptors (Lipinski definition) is 4. The monoisotopic (exact) mass is 338 g/mol. The fourth-order valence-electron chi connectivity index (χ4n) is 1.58. The van der Waals surface area contributed by atoms with Crippen LogP contribution >= 0.6 is 23.2 Å².